The first-order chi connectivity index (χ1) is 3.91. The Balaban J connectivity index is 2.53. The minimum absolute atomic E-state index is 0.688. The lowest BCUT2D eigenvalue weighted by molar-refractivity contribution is 0.157. The van der Waals surface area contributed by atoms with E-state index in [1.807, 2.05) is 0 Å². The molecule has 0 amide bonds. The molecule has 50 valence electrons. The lowest BCUT2D eigenvalue weighted by Crippen LogP contribution is -1.96. The van der Waals surface area contributed by atoms with Crippen LogP contribution < -0.4 is 0 Å². The number of ether oxygens (including phenoxy) is 1. The largest absolute Gasteiger partial charge is 0.382 e. The van der Waals surface area contributed by atoms with Gasteiger partial charge >= 0.3 is 0 Å². The number of rotatable bonds is 5. The average molecular weight is 136 g/mol. The fourth-order valence-corrected chi connectivity index (χ4v) is 0.612. The van der Waals surface area contributed by atoms with Crippen molar-refractivity contribution >= 4 is 12.0 Å². The quantitative estimate of drug-likeness (QED) is 0.419. The molecular formula is C5H12O2S. The predicted octanol–water partition coefficient (Wildman–Crippen LogP) is 1.32. The number of hydrogen-bond donors (Lipinski definition) is 0. The molecule has 0 saturated carbocycles. The molecule has 0 spiro atoms. The molecule has 0 radical (unpaired) electrons. The van der Waals surface area contributed by atoms with Gasteiger partial charge in [-0.25, -0.2) is 0 Å². The Morgan fingerprint density at radius 3 is 2.62 bits per heavy atom. The average Bonchev–Trinajstić information content (AvgIpc) is 1.81. The Bertz CT molecular complexity index is 35.4. The minimum Gasteiger partial charge on any atom is -0.382 e. The van der Waals surface area contributed by atoms with E-state index in [9.17, 15) is 0 Å². The summed E-state index contributed by atoms with van der Waals surface area (Å²) in [6, 6.07) is 0. The van der Waals surface area contributed by atoms with Gasteiger partial charge in [0.25, 0.3) is 0 Å². The standard InChI is InChI=1S/C5H12O2S/c1-3-8-7-5-4-6-2/h3-5H2,1-2H3. The van der Waals surface area contributed by atoms with Crippen molar-refractivity contribution in [3.63, 3.8) is 0 Å². The molecule has 2 nitrogen and oxygen atoms in total. The zero-order valence-electron chi connectivity index (χ0n) is 5.35. The van der Waals surface area contributed by atoms with Crippen molar-refractivity contribution in [3.8, 4) is 0 Å². The van der Waals surface area contributed by atoms with Crippen LogP contribution in [0.1, 0.15) is 6.92 Å². The van der Waals surface area contributed by atoms with Gasteiger partial charge < -0.3 is 8.92 Å². The van der Waals surface area contributed by atoms with Crippen LogP contribution in [-0.2, 0) is 8.92 Å². The van der Waals surface area contributed by atoms with Crippen molar-refractivity contribution in [3.05, 3.63) is 0 Å². The fourth-order valence-electron chi connectivity index (χ4n) is 0.260. The van der Waals surface area contributed by atoms with Gasteiger partial charge in [0.2, 0.25) is 0 Å². The summed E-state index contributed by atoms with van der Waals surface area (Å²) in [5.74, 6) is 1.00. The number of methoxy groups -OCH3 is 1. The van der Waals surface area contributed by atoms with E-state index >= 15 is 0 Å². The lowest BCUT2D eigenvalue weighted by Gasteiger charge is -1.97. The van der Waals surface area contributed by atoms with Crippen molar-refractivity contribution in [2.24, 2.45) is 0 Å². The first kappa shape index (κ1) is 8.27. The van der Waals surface area contributed by atoms with E-state index in [1.54, 1.807) is 7.11 Å². The molecule has 0 heterocycles. The molecule has 8 heavy (non-hydrogen) atoms. The van der Waals surface area contributed by atoms with E-state index in [1.165, 1.54) is 12.0 Å². The predicted molar refractivity (Wildman–Crippen MR) is 36.0 cm³/mol. The monoisotopic (exact) mass is 136 g/mol. The van der Waals surface area contributed by atoms with Crippen LogP contribution in [0.25, 0.3) is 0 Å². The third kappa shape index (κ3) is 6.27. The second-order valence-corrected chi connectivity index (χ2v) is 2.27. The molecule has 0 saturated heterocycles. The third-order valence-corrected chi connectivity index (χ3v) is 1.14. The van der Waals surface area contributed by atoms with E-state index < -0.39 is 0 Å². The van der Waals surface area contributed by atoms with Gasteiger partial charge in [0.05, 0.1) is 13.2 Å². The van der Waals surface area contributed by atoms with Crippen molar-refractivity contribution < 1.29 is 8.92 Å². The molecule has 0 aromatic heterocycles. The van der Waals surface area contributed by atoms with Gasteiger partial charge in [0.1, 0.15) is 0 Å². The molecule has 0 rings (SSSR count). The van der Waals surface area contributed by atoms with Crippen molar-refractivity contribution in [2.75, 3.05) is 26.1 Å². The van der Waals surface area contributed by atoms with Gasteiger partial charge in [-0.05, 0) is 12.0 Å². The Kier molecular flexibility index (Phi) is 7.52. The van der Waals surface area contributed by atoms with Crippen LogP contribution in [0.3, 0.4) is 0 Å². The fraction of sp³-hybridized carbons (Fsp3) is 1.00. The molecule has 0 aliphatic heterocycles. The molecule has 0 N–H and O–H groups in total. The van der Waals surface area contributed by atoms with Crippen LogP contribution in [0.5, 0.6) is 0 Å². The summed E-state index contributed by atoms with van der Waals surface area (Å²) in [5, 5.41) is 0. The highest BCUT2D eigenvalue weighted by Gasteiger charge is 1.82. The maximum atomic E-state index is 5.01. The second-order valence-electron chi connectivity index (χ2n) is 1.22. The van der Waals surface area contributed by atoms with Crippen LogP contribution in [-0.4, -0.2) is 26.1 Å². The molecule has 0 aromatic rings. The Morgan fingerprint density at radius 2 is 2.12 bits per heavy atom. The van der Waals surface area contributed by atoms with Crippen LogP contribution in [0.15, 0.2) is 0 Å². The minimum atomic E-state index is 0.688. The summed E-state index contributed by atoms with van der Waals surface area (Å²) < 4.78 is 9.76. The summed E-state index contributed by atoms with van der Waals surface area (Å²) in [4.78, 5) is 0. The van der Waals surface area contributed by atoms with Gasteiger partial charge in [0.15, 0.2) is 0 Å². The van der Waals surface area contributed by atoms with Crippen LogP contribution in [0.4, 0.5) is 0 Å². The van der Waals surface area contributed by atoms with Gasteiger partial charge in [-0.3, -0.25) is 0 Å². The van der Waals surface area contributed by atoms with Crippen LogP contribution in [0.2, 0.25) is 0 Å². The number of hydrogen-bond acceptors (Lipinski definition) is 3. The molecule has 0 aliphatic carbocycles. The third-order valence-electron chi connectivity index (χ3n) is 0.572. The molecule has 0 fully saturated rings. The zero-order chi connectivity index (χ0) is 6.24. The first-order valence-corrected chi connectivity index (χ1v) is 3.56. The van der Waals surface area contributed by atoms with Crippen LogP contribution in [0, 0.1) is 0 Å². The summed E-state index contributed by atoms with van der Waals surface area (Å²) in [6.07, 6.45) is 0. The highest BCUT2D eigenvalue weighted by molar-refractivity contribution is 7.94. The van der Waals surface area contributed by atoms with E-state index in [4.69, 9.17) is 8.92 Å². The molecule has 0 aromatic carbocycles. The van der Waals surface area contributed by atoms with Gasteiger partial charge in [-0.1, -0.05) is 6.92 Å². The second kappa shape index (κ2) is 7.27. The maximum Gasteiger partial charge on any atom is 0.0847 e. The smallest absolute Gasteiger partial charge is 0.0847 e. The summed E-state index contributed by atoms with van der Waals surface area (Å²) in [6.45, 7) is 3.43. The Labute approximate surface area is 54.8 Å². The Morgan fingerprint density at radius 1 is 1.38 bits per heavy atom. The lowest BCUT2D eigenvalue weighted by atomic mass is 10.8. The Hall–Kier alpha value is 0.270. The molecule has 3 heteroatoms. The van der Waals surface area contributed by atoms with E-state index in [-0.39, 0.29) is 0 Å². The highest BCUT2D eigenvalue weighted by atomic mass is 32.2. The molecule has 0 atom stereocenters. The summed E-state index contributed by atoms with van der Waals surface area (Å²) >= 11 is 1.47. The first-order valence-electron chi connectivity index (χ1n) is 2.65. The highest BCUT2D eigenvalue weighted by Crippen LogP contribution is 1.98. The molecular weight excluding hydrogens is 124 g/mol. The van der Waals surface area contributed by atoms with Gasteiger partial charge in [-0.2, -0.15) is 0 Å². The summed E-state index contributed by atoms with van der Waals surface area (Å²) in [5.41, 5.74) is 0. The van der Waals surface area contributed by atoms with Gasteiger partial charge in [0, 0.05) is 12.9 Å². The van der Waals surface area contributed by atoms with Crippen LogP contribution >= 0.6 is 12.0 Å². The van der Waals surface area contributed by atoms with Gasteiger partial charge in [-0.15, -0.1) is 0 Å². The van der Waals surface area contributed by atoms with Crippen molar-refractivity contribution in [1.29, 1.82) is 0 Å². The molecule has 0 aliphatic rings. The SMILES string of the molecule is CCSOCCOC. The maximum absolute atomic E-state index is 5.01. The topological polar surface area (TPSA) is 18.5 Å². The van der Waals surface area contributed by atoms with Crippen molar-refractivity contribution in [1.82, 2.24) is 0 Å². The van der Waals surface area contributed by atoms with Crippen molar-refractivity contribution in [2.45, 2.75) is 6.92 Å². The summed E-state index contributed by atoms with van der Waals surface area (Å²) in [7, 11) is 1.67. The molecule has 0 bridgehead atoms. The molecule has 0 unspecified atom stereocenters. The van der Waals surface area contributed by atoms with E-state index in [0.29, 0.717) is 13.2 Å². The van der Waals surface area contributed by atoms with E-state index in [2.05, 4.69) is 6.92 Å². The normalized spacial score (nSPS) is 9.75. The van der Waals surface area contributed by atoms with E-state index in [0.717, 1.165) is 5.75 Å². The zero-order valence-corrected chi connectivity index (χ0v) is 6.16.